The maximum atomic E-state index is 3.66. The number of anilines is 1. The number of hydrogen-bond acceptors (Lipinski definition) is 2. The Morgan fingerprint density at radius 3 is 2.38 bits per heavy atom. The highest BCUT2D eigenvalue weighted by Gasteiger charge is 2.21. The molecular formula is C18H29BrN2. The fourth-order valence-electron chi connectivity index (χ4n) is 2.60. The highest BCUT2D eigenvalue weighted by atomic mass is 79.9. The predicted octanol–water partition coefficient (Wildman–Crippen LogP) is 5.11. The van der Waals surface area contributed by atoms with Crippen LogP contribution in [0.25, 0.3) is 0 Å². The number of halogens is 1. The van der Waals surface area contributed by atoms with E-state index in [-0.39, 0.29) is 0 Å². The quantitative estimate of drug-likeness (QED) is 0.629. The molecule has 1 N–H and O–H groups in total. The second kappa shape index (κ2) is 8.79. The van der Waals surface area contributed by atoms with E-state index < -0.39 is 0 Å². The molecule has 0 aliphatic heterocycles. The van der Waals surface area contributed by atoms with Crippen molar-refractivity contribution in [2.75, 3.05) is 18.0 Å². The van der Waals surface area contributed by atoms with Crippen LogP contribution in [0.4, 0.5) is 5.69 Å². The van der Waals surface area contributed by atoms with Crippen molar-refractivity contribution in [2.24, 2.45) is 0 Å². The van der Waals surface area contributed by atoms with E-state index >= 15 is 0 Å². The van der Waals surface area contributed by atoms with Gasteiger partial charge in [-0.2, -0.15) is 0 Å². The van der Waals surface area contributed by atoms with Crippen LogP contribution in [-0.4, -0.2) is 19.1 Å². The molecule has 0 radical (unpaired) electrons. The van der Waals surface area contributed by atoms with Gasteiger partial charge in [-0.25, -0.2) is 0 Å². The third-order valence-electron chi connectivity index (χ3n) is 4.10. The lowest BCUT2D eigenvalue weighted by atomic mass is 10.1. The largest absolute Gasteiger partial charge is 0.371 e. The molecule has 1 aliphatic rings. The van der Waals surface area contributed by atoms with Crippen LogP contribution in [0, 0.1) is 0 Å². The molecule has 21 heavy (non-hydrogen) atoms. The van der Waals surface area contributed by atoms with Crippen molar-refractivity contribution in [3.05, 3.63) is 28.2 Å². The van der Waals surface area contributed by atoms with Gasteiger partial charge in [0, 0.05) is 35.8 Å². The first-order chi connectivity index (χ1) is 10.2. The average Bonchev–Trinajstić information content (AvgIpc) is 3.30. The zero-order chi connectivity index (χ0) is 15.1. The van der Waals surface area contributed by atoms with Gasteiger partial charge < -0.3 is 10.2 Å². The van der Waals surface area contributed by atoms with E-state index in [1.807, 2.05) is 0 Å². The van der Waals surface area contributed by atoms with Gasteiger partial charge in [0.05, 0.1) is 0 Å². The van der Waals surface area contributed by atoms with Gasteiger partial charge in [0.2, 0.25) is 0 Å². The molecule has 1 aromatic rings. The Morgan fingerprint density at radius 1 is 1.14 bits per heavy atom. The van der Waals surface area contributed by atoms with E-state index in [0.29, 0.717) is 0 Å². The van der Waals surface area contributed by atoms with Gasteiger partial charge in [-0.1, -0.05) is 42.6 Å². The van der Waals surface area contributed by atoms with E-state index in [9.17, 15) is 0 Å². The van der Waals surface area contributed by atoms with Gasteiger partial charge in [0.15, 0.2) is 0 Å². The Hall–Kier alpha value is -0.540. The van der Waals surface area contributed by atoms with Gasteiger partial charge in [-0.05, 0) is 49.4 Å². The molecular weight excluding hydrogens is 324 g/mol. The molecule has 0 aromatic heterocycles. The Kier molecular flexibility index (Phi) is 7.05. The molecule has 3 heteroatoms. The van der Waals surface area contributed by atoms with Crippen LogP contribution in [-0.2, 0) is 6.54 Å². The summed E-state index contributed by atoms with van der Waals surface area (Å²) in [6.07, 6.45) is 7.76. The van der Waals surface area contributed by atoms with E-state index in [2.05, 4.69) is 58.2 Å². The standard InChI is InChI=1S/C18H29BrN2/c1-3-5-11-21(12-6-4-2)18-10-7-16(19)13-15(18)14-20-17-8-9-17/h7,10,13,17,20H,3-6,8-9,11-12,14H2,1-2H3. The molecule has 0 bridgehead atoms. The first kappa shape index (κ1) is 16.8. The number of hydrogen-bond donors (Lipinski definition) is 1. The number of rotatable bonds is 10. The summed E-state index contributed by atoms with van der Waals surface area (Å²) >= 11 is 3.63. The minimum Gasteiger partial charge on any atom is -0.371 e. The molecule has 118 valence electrons. The van der Waals surface area contributed by atoms with Gasteiger partial charge in [-0.3, -0.25) is 0 Å². The molecule has 1 fully saturated rings. The van der Waals surface area contributed by atoms with Crippen molar-refractivity contribution in [1.29, 1.82) is 0 Å². The maximum Gasteiger partial charge on any atom is 0.0412 e. The lowest BCUT2D eigenvalue weighted by Crippen LogP contribution is -2.28. The zero-order valence-electron chi connectivity index (χ0n) is 13.5. The highest BCUT2D eigenvalue weighted by molar-refractivity contribution is 9.10. The Morgan fingerprint density at radius 2 is 1.81 bits per heavy atom. The maximum absolute atomic E-state index is 3.66. The normalized spacial score (nSPS) is 14.4. The highest BCUT2D eigenvalue weighted by Crippen LogP contribution is 2.27. The Labute approximate surface area is 138 Å². The van der Waals surface area contributed by atoms with Crippen LogP contribution in [0.3, 0.4) is 0 Å². The van der Waals surface area contributed by atoms with E-state index in [0.717, 1.165) is 12.6 Å². The summed E-state index contributed by atoms with van der Waals surface area (Å²) < 4.78 is 1.18. The molecule has 0 spiro atoms. The topological polar surface area (TPSA) is 15.3 Å². The van der Waals surface area contributed by atoms with Crippen LogP contribution in [0.2, 0.25) is 0 Å². The zero-order valence-corrected chi connectivity index (χ0v) is 15.1. The first-order valence-electron chi connectivity index (χ1n) is 8.51. The number of nitrogens with one attached hydrogen (secondary N) is 1. The smallest absolute Gasteiger partial charge is 0.0412 e. The summed E-state index contributed by atoms with van der Waals surface area (Å²) in [4.78, 5) is 2.59. The van der Waals surface area contributed by atoms with E-state index in [4.69, 9.17) is 0 Å². The lowest BCUT2D eigenvalue weighted by Gasteiger charge is -2.27. The Balaban J connectivity index is 2.10. The van der Waals surface area contributed by atoms with Crippen molar-refractivity contribution in [3.8, 4) is 0 Å². The third-order valence-corrected chi connectivity index (χ3v) is 4.60. The van der Waals surface area contributed by atoms with E-state index in [1.54, 1.807) is 0 Å². The fourth-order valence-corrected chi connectivity index (χ4v) is 3.01. The molecule has 0 heterocycles. The molecule has 1 aliphatic carbocycles. The van der Waals surface area contributed by atoms with Crippen molar-refractivity contribution < 1.29 is 0 Å². The first-order valence-corrected chi connectivity index (χ1v) is 9.30. The number of nitrogens with zero attached hydrogens (tertiary/aromatic N) is 1. The monoisotopic (exact) mass is 352 g/mol. The third kappa shape index (κ3) is 5.63. The molecule has 1 aromatic carbocycles. The lowest BCUT2D eigenvalue weighted by molar-refractivity contribution is 0.659. The van der Waals surface area contributed by atoms with Gasteiger partial charge >= 0.3 is 0 Å². The minimum absolute atomic E-state index is 0.761. The molecule has 0 saturated heterocycles. The Bertz CT molecular complexity index is 421. The van der Waals surface area contributed by atoms with Gasteiger partial charge in [0.25, 0.3) is 0 Å². The van der Waals surface area contributed by atoms with E-state index in [1.165, 1.54) is 67.3 Å². The molecule has 2 nitrogen and oxygen atoms in total. The number of unbranched alkanes of at least 4 members (excludes halogenated alkanes) is 2. The summed E-state index contributed by atoms with van der Waals surface area (Å²) in [6, 6.07) is 7.52. The van der Waals surface area contributed by atoms with Crippen LogP contribution >= 0.6 is 15.9 Å². The van der Waals surface area contributed by atoms with Crippen LogP contribution in [0.1, 0.15) is 57.9 Å². The molecule has 1 saturated carbocycles. The van der Waals surface area contributed by atoms with Gasteiger partial charge in [-0.15, -0.1) is 0 Å². The summed E-state index contributed by atoms with van der Waals surface area (Å²) in [6.45, 7) is 7.89. The summed E-state index contributed by atoms with van der Waals surface area (Å²) in [5, 5.41) is 3.66. The second-order valence-electron chi connectivity index (χ2n) is 6.12. The fraction of sp³-hybridized carbons (Fsp3) is 0.667. The van der Waals surface area contributed by atoms with Crippen LogP contribution < -0.4 is 10.2 Å². The van der Waals surface area contributed by atoms with Crippen molar-refractivity contribution in [2.45, 2.75) is 65.0 Å². The average molecular weight is 353 g/mol. The van der Waals surface area contributed by atoms with Crippen molar-refractivity contribution in [1.82, 2.24) is 5.32 Å². The van der Waals surface area contributed by atoms with Gasteiger partial charge in [0.1, 0.15) is 0 Å². The summed E-state index contributed by atoms with van der Waals surface area (Å²) in [5.74, 6) is 0. The summed E-state index contributed by atoms with van der Waals surface area (Å²) in [7, 11) is 0. The molecule has 0 amide bonds. The molecule has 0 unspecified atom stereocenters. The predicted molar refractivity (Wildman–Crippen MR) is 96.0 cm³/mol. The second-order valence-corrected chi connectivity index (χ2v) is 7.04. The minimum atomic E-state index is 0.761. The van der Waals surface area contributed by atoms with Crippen molar-refractivity contribution in [3.63, 3.8) is 0 Å². The molecule has 0 atom stereocenters. The summed E-state index contributed by atoms with van der Waals surface area (Å²) in [5.41, 5.74) is 2.86. The van der Waals surface area contributed by atoms with Crippen LogP contribution in [0.15, 0.2) is 22.7 Å². The number of benzene rings is 1. The van der Waals surface area contributed by atoms with Crippen molar-refractivity contribution >= 4 is 21.6 Å². The SMILES string of the molecule is CCCCN(CCCC)c1ccc(Br)cc1CNC1CC1. The van der Waals surface area contributed by atoms with Crippen LogP contribution in [0.5, 0.6) is 0 Å². The molecule has 2 rings (SSSR count).